The SMILES string of the molecule is Cc1cc(F)ccc1CC(=O)c1cccc2c1OCCN2. The molecule has 0 amide bonds. The first-order valence-electron chi connectivity index (χ1n) is 6.93. The maximum Gasteiger partial charge on any atom is 0.171 e. The number of carbonyl (C=O) groups excluding carboxylic acids is 1. The molecule has 4 heteroatoms. The lowest BCUT2D eigenvalue weighted by Gasteiger charge is -2.21. The molecule has 0 atom stereocenters. The first kappa shape index (κ1) is 13.6. The van der Waals surface area contributed by atoms with Gasteiger partial charge in [0, 0.05) is 13.0 Å². The number of anilines is 1. The fraction of sp³-hybridized carbons (Fsp3) is 0.235. The van der Waals surface area contributed by atoms with Crippen LogP contribution >= 0.6 is 0 Å². The smallest absolute Gasteiger partial charge is 0.171 e. The Balaban J connectivity index is 1.89. The van der Waals surface area contributed by atoms with Crippen molar-refractivity contribution in [1.29, 1.82) is 0 Å². The quantitative estimate of drug-likeness (QED) is 0.879. The molecule has 0 unspecified atom stereocenters. The van der Waals surface area contributed by atoms with Gasteiger partial charge in [0.25, 0.3) is 0 Å². The molecule has 1 heterocycles. The first-order chi connectivity index (χ1) is 10.1. The summed E-state index contributed by atoms with van der Waals surface area (Å²) < 4.78 is 18.7. The average molecular weight is 285 g/mol. The highest BCUT2D eigenvalue weighted by Gasteiger charge is 2.19. The van der Waals surface area contributed by atoms with E-state index in [0.29, 0.717) is 17.9 Å². The zero-order valence-electron chi connectivity index (χ0n) is 11.8. The monoisotopic (exact) mass is 285 g/mol. The fourth-order valence-electron chi connectivity index (χ4n) is 2.52. The van der Waals surface area contributed by atoms with Gasteiger partial charge >= 0.3 is 0 Å². The lowest BCUT2D eigenvalue weighted by Crippen LogP contribution is -2.20. The summed E-state index contributed by atoms with van der Waals surface area (Å²) in [7, 11) is 0. The van der Waals surface area contributed by atoms with Crippen molar-refractivity contribution in [2.24, 2.45) is 0 Å². The Kier molecular flexibility index (Phi) is 3.60. The van der Waals surface area contributed by atoms with Crippen LogP contribution < -0.4 is 10.1 Å². The molecule has 0 aliphatic carbocycles. The van der Waals surface area contributed by atoms with Crippen LogP contribution in [0.4, 0.5) is 10.1 Å². The molecule has 0 aromatic heterocycles. The molecule has 21 heavy (non-hydrogen) atoms. The summed E-state index contributed by atoms with van der Waals surface area (Å²) in [5, 5.41) is 3.21. The summed E-state index contributed by atoms with van der Waals surface area (Å²) in [6.07, 6.45) is 0.242. The lowest BCUT2D eigenvalue weighted by atomic mass is 9.98. The van der Waals surface area contributed by atoms with E-state index in [-0.39, 0.29) is 18.0 Å². The summed E-state index contributed by atoms with van der Waals surface area (Å²) in [5.41, 5.74) is 3.04. The molecule has 2 aromatic carbocycles. The predicted molar refractivity (Wildman–Crippen MR) is 79.6 cm³/mol. The van der Waals surface area contributed by atoms with Crippen molar-refractivity contribution in [3.05, 3.63) is 58.9 Å². The molecule has 0 fully saturated rings. The van der Waals surface area contributed by atoms with Gasteiger partial charge in [-0.25, -0.2) is 4.39 Å². The number of carbonyl (C=O) groups is 1. The van der Waals surface area contributed by atoms with E-state index in [0.717, 1.165) is 23.4 Å². The number of rotatable bonds is 3. The van der Waals surface area contributed by atoms with E-state index in [9.17, 15) is 9.18 Å². The van der Waals surface area contributed by atoms with Crippen LogP contribution in [0.15, 0.2) is 36.4 Å². The molecule has 0 saturated carbocycles. The number of fused-ring (bicyclic) bond motifs is 1. The first-order valence-corrected chi connectivity index (χ1v) is 6.93. The van der Waals surface area contributed by atoms with Crippen molar-refractivity contribution in [1.82, 2.24) is 0 Å². The molecule has 0 spiro atoms. The molecule has 1 aliphatic rings. The Hall–Kier alpha value is -2.36. The van der Waals surface area contributed by atoms with Crippen molar-refractivity contribution in [3.8, 4) is 5.75 Å². The zero-order valence-corrected chi connectivity index (χ0v) is 11.8. The van der Waals surface area contributed by atoms with E-state index in [1.54, 1.807) is 12.1 Å². The van der Waals surface area contributed by atoms with Gasteiger partial charge in [0.1, 0.15) is 12.4 Å². The lowest BCUT2D eigenvalue weighted by molar-refractivity contribution is 0.0988. The molecule has 2 aromatic rings. The fourth-order valence-corrected chi connectivity index (χ4v) is 2.52. The van der Waals surface area contributed by atoms with Crippen LogP contribution in [-0.4, -0.2) is 18.9 Å². The van der Waals surface area contributed by atoms with Gasteiger partial charge in [-0.1, -0.05) is 12.1 Å². The van der Waals surface area contributed by atoms with E-state index in [4.69, 9.17) is 4.74 Å². The second kappa shape index (κ2) is 5.56. The van der Waals surface area contributed by atoms with Crippen LogP contribution in [0.2, 0.25) is 0 Å². The minimum atomic E-state index is -0.284. The van der Waals surface area contributed by atoms with Crippen LogP contribution in [0.3, 0.4) is 0 Å². The molecule has 3 nitrogen and oxygen atoms in total. The molecule has 0 bridgehead atoms. The number of halogens is 1. The Labute approximate surface area is 122 Å². The van der Waals surface area contributed by atoms with E-state index in [1.165, 1.54) is 12.1 Å². The standard InChI is InChI=1S/C17H16FNO2/c1-11-9-13(18)6-5-12(11)10-16(20)14-3-2-4-15-17(14)21-8-7-19-15/h2-6,9,19H,7-8,10H2,1H3. The van der Waals surface area contributed by atoms with Gasteiger partial charge in [0.2, 0.25) is 0 Å². The highest BCUT2D eigenvalue weighted by molar-refractivity contribution is 6.01. The number of ketones is 1. The van der Waals surface area contributed by atoms with Crippen LogP contribution in [0.1, 0.15) is 21.5 Å². The van der Waals surface area contributed by atoms with Crippen LogP contribution in [0.25, 0.3) is 0 Å². The number of aryl methyl sites for hydroxylation is 1. The molecule has 3 rings (SSSR count). The third-order valence-corrected chi connectivity index (χ3v) is 3.64. The summed E-state index contributed by atoms with van der Waals surface area (Å²) in [5.74, 6) is 0.312. The molecule has 108 valence electrons. The maximum atomic E-state index is 13.1. The van der Waals surface area contributed by atoms with Gasteiger partial charge in [0.15, 0.2) is 11.5 Å². The van der Waals surface area contributed by atoms with Crippen LogP contribution in [0, 0.1) is 12.7 Å². The molecule has 0 saturated heterocycles. The molecule has 1 N–H and O–H groups in total. The van der Waals surface area contributed by atoms with Crippen molar-refractivity contribution in [2.75, 3.05) is 18.5 Å². The number of ether oxygens (including phenoxy) is 1. The Morgan fingerprint density at radius 1 is 1.33 bits per heavy atom. The largest absolute Gasteiger partial charge is 0.489 e. The maximum absolute atomic E-state index is 13.1. The molecular formula is C17H16FNO2. The number of para-hydroxylation sites is 1. The highest BCUT2D eigenvalue weighted by Crippen LogP contribution is 2.32. The van der Waals surface area contributed by atoms with E-state index in [2.05, 4.69) is 5.32 Å². The Morgan fingerprint density at radius 3 is 3.00 bits per heavy atom. The zero-order chi connectivity index (χ0) is 14.8. The second-order valence-corrected chi connectivity index (χ2v) is 5.13. The molecule has 0 radical (unpaired) electrons. The van der Waals surface area contributed by atoms with Crippen molar-refractivity contribution in [3.63, 3.8) is 0 Å². The number of nitrogens with one attached hydrogen (secondary N) is 1. The number of benzene rings is 2. The summed E-state index contributed by atoms with van der Waals surface area (Å²) in [6, 6.07) is 10.00. The third-order valence-electron chi connectivity index (χ3n) is 3.64. The van der Waals surface area contributed by atoms with Gasteiger partial charge in [-0.15, -0.1) is 0 Å². The summed E-state index contributed by atoms with van der Waals surface area (Å²) >= 11 is 0. The normalized spacial score (nSPS) is 13.0. The number of hydrogen-bond acceptors (Lipinski definition) is 3. The van der Waals surface area contributed by atoms with Gasteiger partial charge in [-0.05, 0) is 42.3 Å². The highest BCUT2D eigenvalue weighted by atomic mass is 19.1. The average Bonchev–Trinajstić information content (AvgIpc) is 2.49. The summed E-state index contributed by atoms with van der Waals surface area (Å²) in [6.45, 7) is 3.10. The summed E-state index contributed by atoms with van der Waals surface area (Å²) in [4.78, 5) is 12.5. The van der Waals surface area contributed by atoms with Crippen molar-refractivity contribution < 1.29 is 13.9 Å². The van der Waals surface area contributed by atoms with Crippen LogP contribution in [0.5, 0.6) is 5.75 Å². The predicted octanol–water partition coefficient (Wildman–Crippen LogP) is 3.36. The van der Waals surface area contributed by atoms with E-state index < -0.39 is 0 Å². The van der Waals surface area contributed by atoms with Crippen molar-refractivity contribution >= 4 is 11.5 Å². The topological polar surface area (TPSA) is 38.3 Å². The van der Waals surface area contributed by atoms with Gasteiger partial charge in [-0.2, -0.15) is 0 Å². The van der Waals surface area contributed by atoms with Gasteiger partial charge < -0.3 is 10.1 Å². The Bertz CT molecular complexity index is 697. The van der Waals surface area contributed by atoms with Crippen molar-refractivity contribution in [2.45, 2.75) is 13.3 Å². The number of Topliss-reactive ketones (excluding diaryl/α,β-unsaturated/α-hetero) is 1. The Morgan fingerprint density at radius 2 is 2.19 bits per heavy atom. The van der Waals surface area contributed by atoms with E-state index in [1.807, 2.05) is 19.1 Å². The third kappa shape index (κ3) is 2.75. The minimum absolute atomic E-state index is 0.0229. The van der Waals surface area contributed by atoms with Gasteiger partial charge in [0.05, 0.1) is 11.3 Å². The van der Waals surface area contributed by atoms with Gasteiger partial charge in [-0.3, -0.25) is 4.79 Å². The second-order valence-electron chi connectivity index (χ2n) is 5.13. The van der Waals surface area contributed by atoms with Crippen LogP contribution in [-0.2, 0) is 6.42 Å². The minimum Gasteiger partial charge on any atom is -0.489 e. The molecular weight excluding hydrogens is 269 g/mol. The van der Waals surface area contributed by atoms with E-state index >= 15 is 0 Å². The number of hydrogen-bond donors (Lipinski definition) is 1. The molecule has 1 aliphatic heterocycles.